The number of thiazole rings is 2. The molecule has 2 aromatic rings. The van der Waals surface area contributed by atoms with Gasteiger partial charge in [0.1, 0.15) is 5.01 Å². The van der Waals surface area contributed by atoms with Crippen LogP contribution in [0.2, 0.25) is 0 Å². The van der Waals surface area contributed by atoms with E-state index in [0.717, 1.165) is 18.0 Å². The molecule has 3 heterocycles. The smallest absolute Gasteiger partial charge is 0.135 e. The predicted octanol–water partition coefficient (Wildman–Crippen LogP) is 2.56. The molecule has 0 saturated carbocycles. The van der Waals surface area contributed by atoms with Crippen LogP contribution < -0.4 is 5.32 Å². The molecule has 5 heteroatoms. The first-order chi connectivity index (χ1) is 7.92. The van der Waals surface area contributed by atoms with Crippen molar-refractivity contribution in [3.05, 3.63) is 22.8 Å². The van der Waals surface area contributed by atoms with Crippen LogP contribution in [0.1, 0.15) is 18.5 Å². The molecule has 0 bridgehead atoms. The molecule has 1 saturated heterocycles. The Morgan fingerprint density at radius 2 is 2.44 bits per heavy atom. The molecule has 1 atom stereocenters. The third-order valence-electron chi connectivity index (χ3n) is 2.81. The maximum atomic E-state index is 4.67. The fourth-order valence-electron chi connectivity index (χ4n) is 2.02. The van der Waals surface area contributed by atoms with Gasteiger partial charge in [0.15, 0.2) is 0 Å². The first-order valence-electron chi connectivity index (χ1n) is 5.48. The minimum absolute atomic E-state index is 0.636. The van der Waals surface area contributed by atoms with Crippen molar-refractivity contribution in [3.63, 3.8) is 0 Å². The molecule has 0 spiro atoms. The van der Waals surface area contributed by atoms with Gasteiger partial charge in [0.25, 0.3) is 0 Å². The zero-order valence-corrected chi connectivity index (χ0v) is 10.5. The molecule has 0 radical (unpaired) electrons. The van der Waals surface area contributed by atoms with Gasteiger partial charge >= 0.3 is 0 Å². The molecule has 0 aliphatic carbocycles. The Bertz CT molecular complexity index is 444. The summed E-state index contributed by atoms with van der Waals surface area (Å²) in [5.41, 5.74) is 3.07. The Hall–Kier alpha value is -0.780. The van der Waals surface area contributed by atoms with Crippen molar-refractivity contribution in [3.8, 4) is 9.88 Å². The number of hydrogen-bond acceptors (Lipinski definition) is 5. The third kappa shape index (κ3) is 2.16. The number of nitrogens with zero attached hydrogens (tertiary/aromatic N) is 2. The molecule has 0 aromatic carbocycles. The highest BCUT2D eigenvalue weighted by Gasteiger charge is 2.16. The largest absolute Gasteiger partial charge is 0.314 e. The van der Waals surface area contributed by atoms with Crippen LogP contribution in [0.5, 0.6) is 0 Å². The van der Waals surface area contributed by atoms with Crippen molar-refractivity contribution in [2.24, 2.45) is 0 Å². The molecular weight excluding hydrogens is 238 g/mol. The Kier molecular flexibility index (Phi) is 2.99. The summed E-state index contributed by atoms with van der Waals surface area (Å²) in [7, 11) is 0. The minimum atomic E-state index is 0.636. The second kappa shape index (κ2) is 4.61. The second-order valence-electron chi connectivity index (χ2n) is 4.01. The van der Waals surface area contributed by atoms with Gasteiger partial charge in [-0.1, -0.05) is 0 Å². The summed E-state index contributed by atoms with van der Waals surface area (Å²) < 4.78 is 0. The van der Waals surface area contributed by atoms with Gasteiger partial charge in [-0.15, -0.1) is 22.7 Å². The number of hydrogen-bond donors (Lipinski definition) is 1. The standard InChI is InChI=1S/C11H13N3S2/c1-2-8(13-3-1)4-9-6-15-11(14-9)10-5-12-7-16-10/h5-8,13H,1-4H2. The first-order valence-corrected chi connectivity index (χ1v) is 7.24. The number of nitrogens with one attached hydrogen (secondary N) is 1. The Balaban J connectivity index is 1.72. The van der Waals surface area contributed by atoms with Crippen LogP contribution in [-0.4, -0.2) is 22.6 Å². The Morgan fingerprint density at radius 3 is 3.19 bits per heavy atom. The van der Waals surface area contributed by atoms with Crippen LogP contribution >= 0.6 is 22.7 Å². The summed E-state index contributed by atoms with van der Waals surface area (Å²) in [5.74, 6) is 0. The van der Waals surface area contributed by atoms with Gasteiger partial charge in [-0.05, 0) is 19.4 Å². The molecule has 16 heavy (non-hydrogen) atoms. The second-order valence-corrected chi connectivity index (χ2v) is 5.75. The van der Waals surface area contributed by atoms with Gasteiger partial charge < -0.3 is 5.32 Å². The van der Waals surface area contributed by atoms with Crippen LogP contribution in [0.25, 0.3) is 9.88 Å². The molecule has 1 unspecified atom stereocenters. The van der Waals surface area contributed by atoms with Gasteiger partial charge in [-0.3, -0.25) is 4.98 Å². The zero-order chi connectivity index (χ0) is 10.8. The first kappa shape index (κ1) is 10.4. The molecule has 1 fully saturated rings. The SMILES string of the molecule is c1ncc(-c2nc(CC3CCCN3)cs2)s1. The van der Waals surface area contributed by atoms with Gasteiger partial charge in [-0.25, -0.2) is 4.98 Å². The van der Waals surface area contributed by atoms with Gasteiger partial charge in [0.2, 0.25) is 0 Å². The van der Waals surface area contributed by atoms with Gasteiger partial charge in [-0.2, -0.15) is 0 Å². The molecular formula is C11H13N3S2. The number of aromatic nitrogens is 2. The molecule has 2 aromatic heterocycles. The lowest BCUT2D eigenvalue weighted by molar-refractivity contribution is 0.597. The molecule has 1 N–H and O–H groups in total. The van der Waals surface area contributed by atoms with Crippen LogP contribution in [0.15, 0.2) is 17.1 Å². The summed E-state index contributed by atoms with van der Waals surface area (Å²) >= 11 is 3.38. The van der Waals surface area contributed by atoms with Crippen molar-refractivity contribution >= 4 is 22.7 Å². The highest BCUT2D eigenvalue weighted by atomic mass is 32.1. The van der Waals surface area contributed by atoms with Crippen LogP contribution in [0, 0.1) is 0 Å². The fraction of sp³-hybridized carbons (Fsp3) is 0.455. The maximum Gasteiger partial charge on any atom is 0.135 e. The highest BCUT2D eigenvalue weighted by Crippen LogP contribution is 2.27. The van der Waals surface area contributed by atoms with Crippen molar-refractivity contribution in [2.45, 2.75) is 25.3 Å². The molecule has 0 amide bonds. The van der Waals surface area contributed by atoms with Crippen LogP contribution in [0.4, 0.5) is 0 Å². The van der Waals surface area contributed by atoms with Crippen molar-refractivity contribution < 1.29 is 0 Å². The Labute approximate surface area is 103 Å². The van der Waals surface area contributed by atoms with Crippen molar-refractivity contribution in [1.29, 1.82) is 0 Å². The summed E-state index contributed by atoms with van der Waals surface area (Å²) in [6.07, 6.45) is 5.54. The fourth-order valence-corrected chi connectivity index (χ4v) is 3.55. The maximum absolute atomic E-state index is 4.67. The van der Waals surface area contributed by atoms with E-state index in [1.807, 2.05) is 11.7 Å². The normalized spacial score (nSPS) is 20.4. The monoisotopic (exact) mass is 251 g/mol. The molecule has 1 aliphatic rings. The topological polar surface area (TPSA) is 37.8 Å². The van der Waals surface area contributed by atoms with E-state index < -0.39 is 0 Å². The minimum Gasteiger partial charge on any atom is -0.314 e. The molecule has 3 nitrogen and oxygen atoms in total. The lowest BCUT2D eigenvalue weighted by atomic mass is 10.1. The summed E-state index contributed by atoms with van der Waals surface area (Å²) in [5, 5.41) is 6.79. The van der Waals surface area contributed by atoms with E-state index in [-0.39, 0.29) is 0 Å². The van der Waals surface area contributed by atoms with E-state index in [4.69, 9.17) is 0 Å². The lowest BCUT2D eigenvalue weighted by Gasteiger charge is -2.06. The predicted molar refractivity (Wildman–Crippen MR) is 68.0 cm³/mol. The van der Waals surface area contributed by atoms with Gasteiger partial charge in [0, 0.05) is 24.0 Å². The van der Waals surface area contributed by atoms with Crippen LogP contribution in [0.3, 0.4) is 0 Å². The average molecular weight is 251 g/mol. The van der Waals surface area contributed by atoms with Gasteiger partial charge in [0.05, 0.1) is 16.1 Å². The third-order valence-corrected chi connectivity index (χ3v) is 4.65. The zero-order valence-electron chi connectivity index (χ0n) is 8.85. The van der Waals surface area contributed by atoms with Crippen molar-refractivity contribution in [1.82, 2.24) is 15.3 Å². The van der Waals surface area contributed by atoms with E-state index in [1.54, 1.807) is 22.7 Å². The molecule has 3 rings (SSSR count). The van der Waals surface area contributed by atoms with Crippen molar-refractivity contribution in [2.75, 3.05) is 6.54 Å². The molecule has 1 aliphatic heterocycles. The quantitative estimate of drug-likeness (QED) is 0.911. The highest BCUT2D eigenvalue weighted by molar-refractivity contribution is 7.19. The summed E-state index contributed by atoms with van der Waals surface area (Å²) in [6.45, 7) is 1.16. The summed E-state index contributed by atoms with van der Waals surface area (Å²) in [4.78, 5) is 9.93. The number of rotatable bonds is 3. The van der Waals surface area contributed by atoms with Crippen LogP contribution in [-0.2, 0) is 6.42 Å². The lowest BCUT2D eigenvalue weighted by Crippen LogP contribution is -2.23. The van der Waals surface area contributed by atoms with E-state index in [1.165, 1.54) is 23.4 Å². The van der Waals surface area contributed by atoms with E-state index in [2.05, 4.69) is 20.7 Å². The summed E-state index contributed by atoms with van der Waals surface area (Å²) in [6, 6.07) is 0.636. The average Bonchev–Trinajstić information content (AvgIpc) is 2.99. The molecule has 84 valence electrons. The van der Waals surface area contributed by atoms with E-state index >= 15 is 0 Å². The van der Waals surface area contributed by atoms with E-state index in [0.29, 0.717) is 6.04 Å². The Morgan fingerprint density at radius 1 is 1.44 bits per heavy atom. The van der Waals surface area contributed by atoms with E-state index in [9.17, 15) is 0 Å².